The maximum Gasteiger partial charge on any atom is 0.136 e. The number of hydrogen-bond donors (Lipinski definition) is 2. The summed E-state index contributed by atoms with van der Waals surface area (Å²) in [5.74, 6) is 0.716. The lowest BCUT2D eigenvalue weighted by Crippen LogP contribution is -2.14. The van der Waals surface area contributed by atoms with Crippen molar-refractivity contribution in [3.8, 4) is 0 Å². The van der Waals surface area contributed by atoms with Crippen molar-refractivity contribution >= 4 is 39.0 Å². The molecule has 1 aromatic heterocycles. The predicted octanol–water partition coefficient (Wildman–Crippen LogP) is 3.09. The highest BCUT2D eigenvalue weighted by molar-refractivity contribution is 9.10. The molecule has 0 aliphatic rings. The van der Waals surface area contributed by atoms with Gasteiger partial charge in [0.2, 0.25) is 0 Å². The van der Waals surface area contributed by atoms with Crippen molar-refractivity contribution in [3.63, 3.8) is 0 Å². The van der Waals surface area contributed by atoms with Gasteiger partial charge in [0.15, 0.2) is 0 Å². The molecule has 18 heavy (non-hydrogen) atoms. The lowest BCUT2D eigenvalue weighted by Gasteiger charge is -2.09. The normalized spacial score (nSPS) is 10.1. The van der Waals surface area contributed by atoms with Crippen LogP contribution in [0.25, 0.3) is 0 Å². The van der Waals surface area contributed by atoms with Crippen molar-refractivity contribution in [3.05, 3.63) is 58.2 Å². The molecular formula is C13H12BrN3S. The largest absolute Gasteiger partial charge is 0.389 e. The van der Waals surface area contributed by atoms with Crippen LogP contribution >= 0.6 is 28.1 Å². The molecule has 3 nitrogen and oxygen atoms in total. The van der Waals surface area contributed by atoms with Crippen LogP contribution in [0.15, 0.2) is 47.1 Å². The number of thiocarbonyl (C=S) groups is 1. The van der Waals surface area contributed by atoms with Crippen LogP contribution in [0.3, 0.4) is 0 Å². The van der Waals surface area contributed by atoms with Crippen molar-refractivity contribution < 1.29 is 0 Å². The Morgan fingerprint density at radius 1 is 1.28 bits per heavy atom. The molecule has 2 aromatic rings. The zero-order valence-corrected chi connectivity index (χ0v) is 12.0. The Bertz CT molecular complexity index is 554. The number of benzene rings is 1. The molecule has 0 unspecified atom stereocenters. The smallest absolute Gasteiger partial charge is 0.136 e. The van der Waals surface area contributed by atoms with E-state index in [1.165, 1.54) is 0 Å². The van der Waals surface area contributed by atoms with E-state index in [0.717, 1.165) is 15.6 Å². The fourth-order valence-electron chi connectivity index (χ4n) is 1.53. The maximum absolute atomic E-state index is 5.65. The summed E-state index contributed by atoms with van der Waals surface area (Å²) in [6.45, 7) is 0.680. The number of pyridine rings is 1. The zero-order valence-electron chi connectivity index (χ0n) is 9.56. The third-order valence-corrected chi connectivity index (χ3v) is 3.19. The summed E-state index contributed by atoms with van der Waals surface area (Å²) in [7, 11) is 0. The highest BCUT2D eigenvalue weighted by Crippen LogP contribution is 2.14. The average Bonchev–Trinajstić information content (AvgIpc) is 2.38. The average molecular weight is 322 g/mol. The molecule has 0 amide bonds. The van der Waals surface area contributed by atoms with E-state index in [1.807, 2.05) is 36.4 Å². The van der Waals surface area contributed by atoms with Gasteiger partial charge >= 0.3 is 0 Å². The Morgan fingerprint density at radius 2 is 2.00 bits per heavy atom. The van der Waals surface area contributed by atoms with Gasteiger partial charge in [-0.2, -0.15) is 0 Å². The molecule has 1 heterocycles. The number of rotatable bonds is 4. The highest BCUT2D eigenvalue weighted by Gasteiger charge is 2.05. The monoisotopic (exact) mass is 321 g/mol. The molecule has 0 saturated heterocycles. The first-order valence-corrected chi connectivity index (χ1v) is 6.60. The molecule has 1 aromatic carbocycles. The highest BCUT2D eigenvalue weighted by atomic mass is 79.9. The van der Waals surface area contributed by atoms with E-state index in [2.05, 4.69) is 26.2 Å². The van der Waals surface area contributed by atoms with Crippen LogP contribution in [-0.2, 0) is 6.54 Å². The lowest BCUT2D eigenvalue weighted by atomic mass is 10.2. The molecule has 5 heteroatoms. The molecule has 2 rings (SSSR count). The van der Waals surface area contributed by atoms with Crippen LogP contribution in [0, 0.1) is 0 Å². The van der Waals surface area contributed by atoms with E-state index < -0.39 is 0 Å². The van der Waals surface area contributed by atoms with E-state index in [9.17, 15) is 0 Å². The van der Waals surface area contributed by atoms with Crippen LogP contribution in [0.5, 0.6) is 0 Å². The number of hydrogen-bond acceptors (Lipinski definition) is 3. The van der Waals surface area contributed by atoms with Crippen LogP contribution in [-0.4, -0.2) is 9.97 Å². The number of aromatic nitrogens is 1. The van der Waals surface area contributed by atoms with Crippen LogP contribution in [0.4, 0.5) is 5.82 Å². The minimum absolute atomic E-state index is 0.349. The molecule has 0 radical (unpaired) electrons. The van der Waals surface area contributed by atoms with E-state index >= 15 is 0 Å². The third kappa shape index (κ3) is 3.27. The van der Waals surface area contributed by atoms with Crippen molar-refractivity contribution in [1.82, 2.24) is 4.98 Å². The predicted molar refractivity (Wildman–Crippen MR) is 81.6 cm³/mol. The summed E-state index contributed by atoms with van der Waals surface area (Å²) in [5, 5.41) is 3.24. The second-order valence-electron chi connectivity index (χ2n) is 3.74. The standard InChI is InChI=1S/C13H12BrN3S/c14-10-5-3-9(4-6-10)8-17-13-11(12(15)18)2-1-7-16-13/h1-7H,8H2,(H2,15,18)(H,16,17). The molecule has 92 valence electrons. The van der Waals surface area contributed by atoms with Gasteiger partial charge in [0, 0.05) is 17.2 Å². The van der Waals surface area contributed by atoms with Gasteiger partial charge in [-0.15, -0.1) is 0 Å². The number of nitrogens with two attached hydrogens (primary N) is 1. The number of halogens is 1. The van der Waals surface area contributed by atoms with E-state index in [4.69, 9.17) is 18.0 Å². The quantitative estimate of drug-likeness (QED) is 0.850. The molecule has 3 N–H and O–H groups in total. The van der Waals surface area contributed by atoms with Crippen molar-refractivity contribution in [2.45, 2.75) is 6.54 Å². The van der Waals surface area contributed by atoms with Crippen molar-refractivity contribution in [2.75, 3.05) is 5.32 Å². The fourth-order valence-corrected chi connectivity index (χ4v) is 1.96. The van der Waals surface area contributed by atoms with E-state index in [0.29, 0.717) is 17.4 Å². The molecule has 0 spiro atoms. The van der Waals surface area contributed by atoms with E-state index in [-0.39, 0.29) is 0 Å². The topological polar surface area (TPSA) is 50.9 Å². The van der Waals surface area contributed by atoms with Crippen LogP contribution in [0.1, 0.15) is 11.1 Å². The second-order valence-corrected chi connectivity index (χ2v) is 5.10. The molecule has 0 aliphatic heterocycles. The SMILES string of the molecule is NC(=S)c1cccnc1NCc1ccc(Br)cc1. The zero-order chi connectivity index (χ0) is 13.0. The number of anilines is 1. The minimum atomic E-state index is 0.349. The second kappa shape index (κ2) is 5.93. The van der Waals surface area contributed by atoms with Crippen LogP contribution < -0.4 is 11.1 Å². The van der Waals surface area contributed by atoms with Gasteiger partial charge in [-0.1, -0.05) is 40.3 Å². The van der Waals surface area contributed by atoms with Crippen molar-refractivity contribution in [1.29, 1.82) is 0 Å². The van der Waals surface area contributed by atoms with Gasteiger partial charge in [-0.05, 0) is 29.8 Å². The number of nitrogens with one attached hydrogen (secondary N) is 1. The minimum Gasteiger partial charge on any atom is -0.389 e. The summed E-state index contributed by atoms with van der Waals surface area (Å²) in [6, 6.07) is 11.8. The van der Waals surface area contributed by atoms with Gasteiger partial charge in [-0.25, -0.2) is 4.98 Å². The Kier molecular flexibility index (Phi) is 4.28. The molecular weight excluding hydrogens is 310 g/mol. The Balaban J connectivity index is 2.10. The van der Waals surface area contributed by atoms with E-state index in [1.54, 1.807) is 6.20 Å². The summed E-state index contributed by atoms with van der Waals surface area (Å²) < 4.78 is 1.06. The molecule has 0 fully saturated rings. The summed E-state index contributed by atoms with van der Waals surface area (Å²) in [4.78, 5) is 4.59. The van der Waals surface area contributed by atoms with Gasteiger partial charge in [-0.3, -0.25) is 0 Å². The molecule has 0 saturated carbocycles. The van der Waals surface area contributed by atoms with Crippen molar-refractivity contribution in [2.24, 2.45) is 5.73 Å². The summed E-state index contributed by atoms with van der Waals surface area (Å²) >= 11 is 8.39. The van der Waals surface area contributed by atoms with Gasteiger partial charge in [0.25, 0.3) is 0 Å². The van der Waals surface area contributed by atoms with Gasteiger partial charge in [0.05, 0.1) is 5.56 Å². The fraction of sp³-hybridized carbons (Fsp3) is 0.0769. The first-order chi connectivity index (χ1) is 8.66. The third-order valence-electron chi connectivity index (χ3n) is 2.45. The molecule has 0 aliphatic carbocycles. The first kappa shape index (κ1) is 13.0. The van der Waals surface area contributed by atoms with Crippen LogP contribution in [0.2, 0.25) is 0 Å². The van der Waals surface area contributed by atoms with Gasteiger partial charge < -0.3 is 11.1 Å². The Labute approximate surface area is 120 Å². The maximum atomic E-state index is 5.65. The molecule has 0 bridgehead atoms. The summed E-state index contributed by atoms with van der Waals surface area (Å²) in [6.07, 6.45) is 1.71. The Hall–Kier alpha value is -1.46. The lowest BCUT2D eigenvalue weighted by molar-refractivity contribution is 1.11. The first-order valence-electron chi connectivity index (χ1n) is 5.40. The van der Waals surface area contributed by atoms with Gasteiger partial charge in [0.1, 0.15) is 10.8 Å². The molecule has 0 atom stereocenters. The Morgan fingerprint density at radius 3 is 2.67 bits per heavy atom. The number of nitrogens with zero attached hydrogens (tertiary/aromatic N) is 1. The summed E-state index contributed by atoms with van der Waals surface area (Å²) in [5.41, 5.74) is 7.58.